The summed E-state index contributed by atoms with van der Waals surface area (Å²) in [5.74, 6) is -1.57. The number of carbonyl (C=O) groups is 2. The van der Waals surface area contributed by atoms with E-state index in [4.69, 9.17) is 0 Å². The first-order valence-electron chi connectivity index (χ1n) is 6.14. The number of hydrogen-bond acceptors (Lipinski definition) is 3. The summed E-state index contributed by atoms with van der Waals surface area (Å²) in [7, 11) is 0. The van der Waals surface area contributed by atoms with Crippen molar-refractivity contribution in [2.45, 2.75) is 19.5 Å². The molecule has 1 rings (SSSR count). The van der Waals surface area contributed by atoms with Crippen LogP contribution in [0.25, 0.3) is 0 Å². The van der Waals surface area contributed by atoms with Gasteiger partial charge in [-0.05, 0) is 18.6 Å². The summed E-state index contributed by atoms with van der Waals surface area (Å²) >= 11 is 0. The lowest BCUT2D eigenvalue weighted by atomic mass is 10.1. The number of rotatable bonds is 5. The highest BCUT2D eigenvalue weighted by atomic mass is 19.4. The number of nitrogens with one attached hydrogen (secondary N) is 1. The zero-order valence-electron chi connectivity index (χ0n) is 11.2. The quantitative estimate of drug-likeness (QED) is 0.671. The highest BCUT2D eigenvalue weighted by molar-refractivity contribution is 5.94. The van der Waals surface area contributed by atoms with Crippen molar-refractivity contribution in [3.63, 3.8) is 0 Å². The molecule has 0 unspecified atom stereocenters. The second kappa shape index (κ2) is 7.47. The molecule has 114 valence electrons. The minimum Gasteiger partial charge on any atom is -0.452 e. The molecule has 0 aliphatic carbocycles. The summed E-state index contributed by atoms with van der Waals surface area (Å²) in [6.07, 6.45) is -1.26. The second-order valence-electron chi connectivity index (χ2n) is 4.01. The van der Waals surface area contributed by atoms with Crippen LogP contribution in [0.2, 0.25) is 0 Å². The number of allylic oxidation sites excluding steroid dienone is 1. The zero-order valence-corrected chi connectivity index (χ0v) is 11.2. The Hall–Kier alpha value is -2.31. The first kappa shape index (κ1) is 16.7. The number of ether oxygens (including phenoxy) is 1. The van der Waals surface area contributed by atoms with E-state index in [9.17, 15) is 22.8 Å². The fraction of sp³-hybridized carbons (Fsp3) is 0.286. The molecule has 0 heterocycles. The van der Waals surface area contributed by atoms with Crippen molar-refractivity contribution < 1.29 is 27.5 Å². The normalized spacial score (nSPS) is 11.4. The fourth-order valence-electron chi connectivity index (χ4n) is 1.42. The molecule has 0 saturated carbocycles. The molecule has 0 spiro atoms. The van der Waals surface area contributed by atoms with Gasteiger partial charge in [-0.1, -0.05) is 25.1 Å². The molecular formula is C14H14F3NO3. The molecule has 0 aliphatic rings. The van der Waals surface area contributed by atoms with Gasteiger partial charge in [0.25, 0.3) is 5.91 Å². The van der Waals surface area contributed by atoms with E-state index in [0.29, 0.717) is 6.42 Å². The van der Waals surface area contributed by atoms with E-state index in [0.717, 1.165) is 18.2 Å². The van der Waals surface area contributed by atoms with Crippen molar-refractivity contribution in [2.24, 2.45) is 0 Å². The number of esters is 1. The third-order valence-electron chi connectivity index (χ3n) is 2.34. The maximum atomic E-state index is 12.7. The Morgan fingerprint density at radius 1 is 1.29 bits per heavy atom. The largest absolute Gasteiger partial charge is 0.452 e. The Labute approximate surface area is 119 Å². The molecule has 4 nitrogen and oxygen atoms in total. The number of amides is 1. The van der Waals surface area contributed by atoms with Gasteiger partial charge in [0.15, 0.2) is 6.61 Å². The predicted octanol–water partition coefficient (Wildman–Crippen LogP) is 3.15. The lowest BCUT2D eigenvalue weighted by Crippen LogP contribution is -2.22. The van der Waals surface area contributed by atoms with Crippen molar-refractivity contribution in [3.05, 3.63) is 42.0 Å². The zero-order chi connectivity index (χ0) is 15.9. The van der Waals surface area contributed by atoms with E-state index in [-0.39, 0.29) is 5.69 Å². The number of benzene rings is 1. The first-order valence-corrected chi connectivity index (χ1v) is 6.14. The molecule has 7 heteroatoms. The van der Waals surface area contributed by atoms with Crippen LogP contribution in [0.3, 0.4) is 0 Å². The van der Waals surface area contributed by atoms with E-state index in [1.165, 1.54) is 12.1 Å². The van der Waals surface area contributed by atoms with Gasteiger partial charge in [-0.25, -0.2) is 4.79 Å². The first-order chi connectivity index (χ1) is 9.84. The summed E-state index contributed by atoms with van der Waals surface area (Å²) in [6, 6.07) is 4.56. The van der Waals surface area contributed by atoms with Crippen LogP contribution in [0, 0.1) is 0 Å². The van der Waals surface area contributed by atoms with Gasteiger partial charge < -0.3 is 10.1 Å². The lowest BCUT2D eigenvalue weighted by Gasteiger charge is -2.13. The third kappa shape index (κ3) is 5.68. The minimum atomic E-state index is -4.58. The van der Waals surface area contributed by atoms with Crippen LogP contribution in [-0.2, 0) is 20.5 Å². The van der Waals surface area contributed by atoms with Gasteiger partial charge in [-0.2, -0.15) is 13.2 Å². The molecule has 0 saturated heterocycles. The number of carbonyl (C=O) groups excluding carboxylic acids is 2. The Kier molecular flexibility index (Phi) is 5.95. The van der Waals surface area contributed by atoms with Gasteiger partial charge in [0.2, 0.25) is 0 Å². The maximum Gasteiger partial charge on any atom is 0.418 e. The number of alkyl halides is 3. The molecule has 1 aromatic carbocycles. The van der Waals surface area contributed by atoms with Gasteiger partial charge in [0, 0.05) is 6.08 Å². The molecule has 0 aliphatic heterocycles. The van der Waals surface area contributed by atoms with Crippen LogP contribution < -0.4 is 5.32 Å². The molecule has 21 heavy (non-hydrogen) atoms. The summed E-state index contributed by atoms with van der Waals surface area (Å²) in [4.78, 5) is 22.6. The summed E-state index contributed by atoms with van der Waals surface area (Å²) in [6.45, 7) is 1.16. The monoisotopic (exact) mass is 301 g/mol. The number of halogens is 3. The van der Waals surface area contributed by atoms with Crippen molar-refractivity contribution in [2.75, 3.05) is 11.9 Å². The number of hydrogen-bond donors (Lipinski definition) is 1. The predicted molar refractivity (Wildman–Crippen MR) is 70.5 cm³/mol. The fourth-order valence-corrected chi connectivity index (χ4v) is 1.42. The summed E-state index contributed by atoms with van der Waals surface area (Å²) in [5, 5.41) is 2.07. The third-order valence-corrected chi connectivity index (χ3v) is 2.34. The highest BCUT2D eigenvalue weighted by Gasteiger charge is 2.33. The number of anilines is 1. The van der Waals surface area contributed by atoms with Crippen molar-refractivity contribution in [1.29, 1.82) is 0 Å². The molecular weight excluding hydrogens is 287 g/mol. The Morgan fingerprint density at radius 2 is 1.95 bits per heavy atom. The molecule has 1 aromatic rings. The van der Waals surface area contributed by atoms with Crippen molar-refractivity contribution in [1.82, 2.24) is 0 Å². The SMILES string of the molecule is CC/C=C/C(=O)OCC(=O)Nc1ccccc1C(F)(F)F. The standard InChI is InChI=1S/C14H14F3NO3/c1-2-3-8-13(20)21-9-12(19)18-11-7-5-4-6-10(11)14(15,16)17/h3-8H,2,9H2,1H3,(H,18,19)/b8-3+. The van der Waals surface area contributed by atoms with E-state index in [2.05, 4.69) is 10.1 Å². The molecule has 1 N–H and O–H groups in total. The van der Waals surface area contributed by atoms with Gasteiger partial charge in [0.05, 0.1) is 11.3 Å². The van der Waals surface area contributed by atoms with Crippen LogP contribution in [0.5, 0.6) is 0 Å². The van der Waals surface area contributed by atoms with Crippen LogP contribution >= 0.6 is 0 Å². The molecule has 1 amide bonds. The van der Waals surface area contributed by atoms with E-state index < -0.39 is 30.2 Å². The van der Waals surface area contributed by atoms with E-state index >= 15 is 0 Å². The van der Waals surface area contributed by atoms with Crippen molar-refractivity contribution in [3.8, 4) is 0 Å². The molecule has 0 atom stereocenters. The smallest absolute Gasteiger partial charge is 0.418 e. The molecule has 0 radical (unpaired) electrons. The Bertz CT molecular complexity index is 539. The molecule has 0 aromatic heterocycles. The number of para-hydroxylation sites is 1. The second-order valence-corrected chi connectivity index (χ2v) is 4.01. The lowest BCUT2D eigenvalue weighted by molar-refractivity contribution is -0.142. The molecule has 0 fully saturated rings. The van der Waals surface area contributed by atoms with Crippen LogP contribution in [0.15, 0.2) is 36.4 Å². The Balaban J connectivity index is 2.64. The van der Waals surface area contributed by atoms with E-state index in [1.54, 1.807) is 6.08 Å². The van der Waals surface area contributed by atoms with Gasteiger partial charge in [0.1, 0.15) is 0 Å². The van der Waals surface area contributed by atoms with Gasteiger partial charge in [-0.15, -0.1) is 0 Å². The van der Waals surface area contributed by atoms with Crippen molar-refractivity contribution >= 4 is 17.6 Å². The minimum absolute atomic E-state index is 0.379. The summed E-state index contributed by atoms with van der Waals surface area (Å²) in [5.41, 5.74) is -1.34. The maximum absolute atomic E-state index is 12.7. The Morgan fingerprint density at radius 3 is 2.57 bits per heavy atom. The average molecular weight is 301 g/mol. The average Bonchev–Trinajstić information content (AvgIpc) is 2.42. The van der Waals surface area contributed by atoms with E-state index in [1.807, 2.05) is 6.92 Å². The van der Waals surface area contributed by atoms with Gasteiger partial charge in [-0.3, -0.25) is 4.79 Å². The van der Waals surface area contributed by atoms with Crippen LogP contribution in [0.4, 0.5) is 18.9 Å². The molecule has 0 bridgehead atoms. The summed E-state index contributed by atoms with van der Waals surface area (Å²) < 4.78 is 42.7. The van der Waals surface area contributed by atoms with Gasteiger partial charge >= 0.3 is 12.1 Å². The van der Waals surface area contributed by atoms with Crippen LogP contribution in [-0.4, -0.2) is 18.5 Å². The van der Waals surface area contributed by atoms with Crippen LogP contribution in [0.1, 0.15) is 18.9 Å². The topological polar surface area (TPSA) is 55.4 Å². The highest BCUT2D eigenvalue weighted by Crippen LogP contribution is 2.34.